The molecule has 8 nitrogen and oxygen atoms in total. The topological polar surface area (TPSA) is 94.2 Å². The Morgan fingerprint density at radius 1 is 1.13 bits per heavy atom. The molecular formula is C22H32N2O6. The summed E-state index contributed by atoms with van der Waals surface area (Å²) >= 11 is 0. The molecule has 1 saturated heterocycles. The molecule has 0 aromatic heterocycles. The number of rotatable bonds is 6. The molecule has 0 bridgehead atoms. The largest absolute Gasteiger partial charge is 0.467 e. The molecule has 1 fully saturated rings. The van der Waals surface area contributed by atoms with E-state index in [2.05, 4.69) is 5.32 Å². The summed E-state index contributed by atoms with van der Waals surface area (Å²) in [6, 6.07) is 8.74. The van der Waals surface area contributed by atoms with Crippen LogP contribution in [-0.2, 0) is 25.6 Å². The third-order valence-electron chi connectivity index (χ3n) is 4.82. The van der Waals surface area contributed by atoms with Crippen LogP contribution in [0.15, 0.2) is 30.3 Å². The molecule has 1 N–H and O–H groups in total. The molecule has 0 radical (unpaired) electrons. The van der Waals surface area contributed by atoms with Crippen molar-refractivity contribution in [2.45, 2.75) is 58.3 Å². The van der Waals surface area contributed by atoms with Gasteiger partial charge in [-0.05, 0) is 51.5 Å². The van der Waals surface area contributed by atoms with Gasteiger partial charge in [0.25, 0.3) is 0 Å². The van der Waals surface area contributed by atoms with E-state index in [-0.39, 0.29) is 18.6 Å². The molecule has 8 heteroatoms. The molecular weight excluding hydrogens is 388 g/mol. The highest BCUT2D eigenvalue weighted by Gasteiger charge is 2.31. The maximum atomic E-state index is 12.3. The second kappa shape index (κ2) is 10.8. The number of carbonyl (C=O) groups is 3. The number of nitrogens with zero attached hydrogens (tertiary/aromatic N) is 1. The highest BCUT2D eigenvalue weighted by atomic mass is 16.6. The van der Waals surface area contributed by atoms with Gasteiger partial charge in [-0.3, -0.25) is 0 Å². The maximum absolute atomic E-state index is 12.3. The number of ether oxygens (including phenoxy) is 3. The molecule has 166 valence electrons. The first-order chi connectivity index (χ1) is 14.2. The van der Waals surface area contributed by atoms with Gasteiger partial charge in [-0.25, -0.2) is 14.4 Å². The predicted octanol–water partition coefficient (Wildman–Crippen LogP) is 3.49. The quantitative estimate of drug-likeness (QED) is 0.559. The number of carbonyl (C=O) groups excluding carboxylic acids is 3. The van der Waals surface area contributed by atoms with E-state index in [0.29, 0.717) is 32.4 Å². The van der Waals surface area contributed by atoms with E-state index in [9.17, 15) is 14.4 Å². The van der Waals surface area contributed by atoms with Crippen molar-refractivity contribution >= 4 is 18.2 Å². The van der Waals surface area contributed by atoms with E-state index in [1.807, 2.05) is 30.3 Å². The van der Waals surface area contributed by atoms with Crippen molar-refractivity contribution < 1.29 is 28.6 Å². The zero-order chi connectivity index (χ0) is 22.1. The van der Waals surface area contributed by atoms with Crippen molar-refractivity contribution in [3.63, 3.8) is 0 Å². The van der Waals surface area contributed by atoms with Crippen molar-refractivity contribution in [2.75, 3.05) is 20.2 Å². The third kappa shape index (κ3) is 7.93. The number of esters is 1. The van der Waals surface area contributed by atoms with Crippen molar-refractivity contribution in [2.24, 2.45) is 5.92 Å². The predicted molar refractivity (Wildman–Crippen MR) is 111 cm³/mol. The van der Waals surface area contributed by atoms with Gasteiger partial charge in [0.05, 0.1) is 7.11 Å². The molecule has 2 rings (SSSR count). The average Bonchev–Trinajstić information content (AvgIpc) is 2.71. The van der Waals surface area contributed by atoms with Crippen LogP contribution in [0.1, 0.15) is 45.6 Å². The van der Waals surface area contributed by atoms with Crippen LogP contribution in [-0.4, -0.2) is 54.9 Å². The fourth-order valence-corrected chi connectivity index (χ4v) is 3.30. The standard InChI is InChI=1S/C22H32N2O6/c1-22(2,3)30-20(26)23-18(19(25)28-4)14-16-10-12-24(13-11-16)21(27)29-15-17-8-6-5-7-9-17/h5-9,16,18H,10-15H2,1-4H3,(H,23,26)/t18-/m0/s1. The molecule has 1 heterocycles. The summed E-state index contributed by atoms with van der Waals surface area (Å²) < 4.78 is 15.4. The third-order valence-corrected chi connectivity index (χ3v) is 4.82. The second-order valence-electron chi connectivity index (χ2n) is 8.43. The Labute approximate surface area is 177 Å². The molecule has 0 aliphatic carbocycles. The van der Waals surface area contributed by atoms with Crippen LogP contribution in [0.5, 0.6) is 0 Å². The van der Waals surface area contributed by atoms with E-state index in [1.165, 1.54) is 7.11 Å². The highest BCUT2D eigenvalue weighted by Crippen LogP contribution is 2.23. The fraction of sp³-hybridized carbons (Fsp3) is 0.591. The monoisotopic (exact) mass is 420 g/mol. The molecule has 1 atom stereocenters. The molecule has 1 aliphatic heterocycles. The molecule has 1 aliphatic rings. The lowest BCUT2D eigenvalue weighted by Gasteiger charge is -2.32. The number of alkyl carbamates (subject to hydrolysis) is 1. The normalized spacial score (nSPS) is 15.8. The molecule has 0 saturated carbocycles. The van der Waals surface area contributed by atoms with E-state index in [0.717, 1.165) is 5.56 Å². The van der Waals surface area contributed by atoms with Gasteiger partial charge < -0.3 is 24.4 Å². The van der Waals surface area contributed by atoms with E-state index in [4.69, 9.17) is 14.2 Å². The second-order valence-corrected chi connectivity index (χ2v) is 8.43. The Morgan fingerprint density at radius 2 is 1.77 bits per heavy atom. The lowest BCUT2D eigenvalue weighted by atomic mass is 9.90. The number of piperidine rings is 1. The lowest BCUT2D eigenvalue weighted by Crippen LogP contribution is -2.46. The maximum Gasteiger partial charge on any atom is 0.410 e. The lowest BCUT2D eigenvalue weighted by molar-refractivity contribution is -0.143. The smallest absolute Gasteiger partial charge is 0.410 e. The van der Waals surface area contributed by atoms with E-state index in [1.54, 1.807) is 25.7 Å². The Bertz CT molecular complexity index is 708. The molecule has 0 spiro atoms. The van der Waals surface area contributed by atoms with Gasteiger partial charge in [0.2, 0.25) is 0 Å². The number of amides is 2. The van der Waals surface area contributed by atoms with Crippen LogP contribution >= 0.6 is 0 Å². The Balaban J connectivity index is 1.80. The SMILES string of the molecule is COC(=O)[C@H](CC1CCN(C(=O)OCc2ccccc2)CC1)NC(=O)OC(C)(C)C. The number of methoxy groups -OCH3 is 1. The molecule has 2 amide bonds. The van der Waals surface area contributed by atoms with Gasteiger partial charge in [-0.15, -0.1) is 0 Å². The van der Waals surface area contributed by atoms with Gasteiger partial charge in [0.1, 0.15) is 18.2 Å². The first kappa shape index (κ1) is 23.5. The van der Waals surface area contributed by atoms with Gasteiger partial charge >= 0.3 is 18.2 Å². The zero-order valence-corrected chi connectivity index (χ0v) is 18.2. The molecule has 1 aromatic rings. The van der Waals surface area contributed by atoms with Crippen molar-refractivity contribution in [1.29, 1.82) is 0 Å². The fourth-order valence-electron chi connectivity index (χ4n) is 3.30. The van der Waals surface area contributed by atoms with Crippen molar-refractivity contribution in [3.8, 4) is 0 Å². The summed E-state index contributed by atoms with van der Waals surface area (Å²) in [4.78, 5) is 38.1. The molecule has 0 unspecified atom stereocenters. The van der Waals surface area contributed by atoms with Crippen molar-refractivity contribution in [1.82, 2.24) is 10.2 Å². The summed E-state index contributed by atoms with van der Waals surface area (Å²) in [7, 11) is 1.29. The number of benzene rings is 1. The number of hydrogen-bond acceptors (Lipinski definition) is 6. The summed E-state index contributed by atoms with van der Waals surface area (Å²) in [6.45, 7) is 6.59. The van der Waals surface area contributed by atoms with E-state index < -0.39 is 23.7 Å². The minimum absolute atomic E-state index is 0.169. The molecule has 1 aromatic carbocycles. The Hall–Kier alpha value is -2.77. The summed E-state index contributed by atoms with van der Waals surface area (Å²) in [5.74, 6) is -0.340. The number of nitrogens with one attached hydrogen (secondary N) is 1. The molecule has 30 heavy (non-hydrogen) atoms. The summed E-state index contributed by atoms with van der Waals surface area (Å²) in [5.41, 5.74) is 0.283. The average molecular weight is 421 g/mol. The van der Waals surface area contributed by atoms with Crippen molar-refractivity contribution in [3.05, 3.63) is 35.9 Å². The summed E-state index contributed by atoms with van der Waals surface area (Å²) in [6.07, 6.45) is 0.862. The number of likely N-dealkylation sites (tertiary alicyclic amines) is 1. The van der Waals surface area contributed by atoms with Gasteiger partial charge in [0.15, 0.2) is 0 Å². The first-order valence-electron chi connectivity index (χ1n) is 10.2. The van der Waals surface area contributed by atoms with Crippen LogP contribution in [0, 0.1) is 5.92 Å². The van der Waals surface area contributed by atoms with E-state index >= 15 is 0 Å². The number of hydrogen-bond donors (Lipinski definition) is 1. The van der Waals surface area contributed by atoms with Gasteiger partial charge in [-0.1, -0.05) is 30.3 Å². The van der Waals surface area contributed by atoms with Gasteiger partial charge in [0, 0.05) is 13.1 Å². The minimum atomic E-state index is -0.786. The summed E-state index contributed by atoms with van der Waals surface area (Å²) in [5, 5.41) is 2.60. The first-order valence-corrected chi connectivity index (χ1v) is 10.2. The Morgan fingerprint density at radius 3 is 2.33 bits per heavy atom. The van der Waals surface area contributed by atoms with Crippen LogP contribution in [0.4, 0.5) is 9.59 Å². The Kier molecular flexibility index (Phi) is 8.50. The zero-order valence-electron chi connectivity index (χ0n) is 18.2. The van der Waals surface area contributed by atoms with Crippen LogP contribution in [0.25, 0.3) is 0 Å². The van der Waals surface area contributed by atoms with Crippen LogP contribution < -0.4 is 5.32 Å². The minimum Gasteiger partial charge on any atom is -0.467 e. The van der Waals surface area contributed by atoms with Crippen LogP contribution in [0.2, 0.25) is 0 Å². The van der Waals surface area contributed by atoms with Gasteiger partial charge in [-0.2, -0.15) is 0 Å². The van der Waals surface area contributed by atoms with Crippen LogP contribution in [0.3, 0.4) is 0 Å². The highest BCUT2D eigenvalue weighted by molar-refractivity contribution is 5.81.